The van der Waals surface area contributed by atoms with E-state index in [1.54, 1.807) is 17.3 Å². The van der Waals surface area contributed by atoms with Gasteiger partial charge in [0.1, 0.15) is 5.51 Å². The number of rotatable bonds is 3. The number of nitrogens with zero attached hydrogens (tertiary/aromatic N) is 2. The van der Waals surface area contributed by atoms with Crippen LogP contribution in [0.2, 0.25) is 0 Å². The van der Waals surface area contributed by atoms with E-state index >= 15 is 0 Å². The van der Waals surface area contributed by atoms with Gasteiger partial charge in [0.25, 0.3) is 0 Å². The molecular weight excluding hydrogens is 216 g/mol. The van der Waals surface area contributed by atoms with E-state index in [-0.39, 0.29) is 6.61 Å². The molecule has 0 aliphatic rings. The number of benzene rings is 1. The van der Waals surface area contributed by atoms with E-state index in [2.05, 4.69) is 10.2 Å². The molecule has 0 saturated carbocycles. The lowest BCUT2D eigenvalue weighted by Crippen LogP contribution is -1.81. The first-order valence-electron chi connectivity index (χ1n) is 4.02. The number of hydrogen-bond donors (Lipinski definition) is 1. The molecule has 0 unspecified atom stereocenters. The van der Waals surface area contributed by atoms with Crippen LogP contribution >= 0.6 is 23.1 Å². The van der Waals surface area contributed by atoms with Gasteiger partial charge in [-0.15, -0.1) is 10.2 Å². The smallest absolute Gasteiger partial charge is 0.178 e. The van der Waals surface area contributed by atoms with Crippen molar-refractivity contribution in [1.29, 1.82) is 0 Å². The van der Waals surface area contributed by atoms with Crippen LogP contribution in [0, 0.1) is 0 Å². The molecule has 0 amide bonds. The molecule has 0 radical (unpaired) electrons. The second-order valence-corrected chi connectivity index (χ2v) is 4.76. The van der Waals surface area contributed by atoms with Gasteiger partial charge in [-0.1, -0.05) is 35.2 Å². The second kappa shape index (κ2) is 4.54. The van der Waals surface area contributed by atoms with Gasteiger partial charge in [-0.25, -0.2) is 0 Å². The predicted octanol–water partition coefficient (Wildman–Crippen LogP) is 2.18. The van der Waals surface area contributed by atoms with Crippen LogP contribution in [0.1, 0.15) is 5.56 Å². The van der Waals surface area contributed by atoms with Crippen LogP contribution in [-0.2, 0) is 6.61 Å². The Morgan fingerprint density at radius 1 is 1.29 bits per heavy atom. The van der Waals surface area contributed by atoms with Gasteiger partial charge in [0.2, 0.25) is 0 Å². The number of hydrogen-bond acceptors (Lipinski definition) is 5. The zero-order valence-electron chi connectivity index (χ0n) is 7.25. The lowest BCUT2D eigenvalue weighted by Gasteiger charge is -1.98. The van der Waals surface area contributed by atoms with Gasteiger partial charge in [-0.2, -0.15) is 0 Å². The van der Waals surface area contributed by atoms with Crippen LogP contribution in [0.25, 0.3) is 0 Å². The summed E-state index contributed by atoms with van der Waals surface area (Å²) in [5.74, 6) is 0. The average molecular weight is 224 g/mol. The fourth-order valence-electron chi connectivity index (χ4n) is 0.971. The highest BCUT2D eigenvalue weighted by Gasteiger charge is 2.00. The Labute approximate surface area is 89.8 Å². The van der Waals surface area contributed by atoms with Crippen molar-refractivity contribution in [2.24, 2.45) is 0 Å². The number of aliphatic hydroxyl groups is 1. The van der Waals surface area contributed by atoms with Crippen molar-refractivity contribution in [2.45, 2.75) is 15.8 Å². The van der Waals surface area contributed by atoms with Crippen molar-refractivity contribution in [3.05, 3.63) is 35.3 Å². The molecule has 0 saturated heterocycles. The van der Waals surface area contributed by atoms with Crippen molar-refractivity contribution in [3.63, 3.8) is 0 Å². The van der Waals surface area contributed by atoms with E-state index in [1.807, 2.05) is 24.3 Å². The summed E-state index contributed by atoms with van der Waals surface area (Å²) in [4.78, 5) is 1.11. The highest BCUT2D eigenvalue weighted by atomic mass is 32.2. The Kier molecular flexibility index (Phi) is 3.13. The summed E-state index contributed by atoms with van der Waals surface area (Å²) < 4.78 is 0.932. The summed E-state index contributed by atoms with van der Waals surface area (Å²) in [6.45, 7) is 0.0871. The maximum absolute atomic E-state index is 8.86. The van der Waals surface area contributed by atoms with Gasteiger partial charge < -0.3 is 5.11 Å². The zero-order chi connectivity index (χ0) is 9.80. The second-order valence-electron chi connectivity index (χ2n) is 2.61. The topological polar surface area (TPSA) is 46.0 Å². The van der Waals surface area contributed by atoms with E-state index in [9.17, 15) is 0 Å². The largest absolute Gasteiger partial charge is 0.392 e. The molecule has 0 aliphatic heterocycles. The minimum absolute atomic E-state index is 0.0871. The van der Waals surface area contributed by atoms with E-state index in [1.165, 1.54) is 11.3 Å². The molecule has 1 heterocycles. The van der Waals surface area contributed by atoms with Crippen LogP contribution in [0.15, 0.2) is 39.0 Å². The Balaban J connectivity index is 2.10. The molecule has 14 heavy (non-hydrogen) atoms. The maximum Gasteiger partial charge on any atom is 0.178 e. The van der Waals surface area contributed by atoms with Crippen molar-refractivity contribution < 1.29 is 5.11 Å². The first-order chi connectivity index (χ1) is 6.88. The van der Waals surface area contributed by atoms with E-state index in [0.29, 0.717) is 0 Å². The molecule has 2 rings (SSSR count). The molecule has 5 heteroatoms. The fraction of sp³-hybridized carbons (Fsp3) is 0.111. The van der Waals surface area contributed by atoms with Crippen LogP contribution in [0.5, 0.6) is 0 Å². The van der Waals surface area contributed by atoms with E-state index in [4.69, 9.17) is 5.11 Å². The maximum atomic E-state index is 8.86. The van der Waals surface area contributed by atoms with Crippen LogP contribution in [0.3, 0.4) is 0 Å². The van der Waals surface area contributed by atoms with Crippen LogP contribution < -0.4 is 0 Å². The molecule has 2 aromatic rings. The average Bonchev–Trinajstić information content (AvgIpc) is 2.72. The molecule has 72 valence electrons. The first kappa shape index (κ1) is 9.64. The standard InChI is InChI=1S/C9H8N2OS2/c12-5-7-1-3-8(4-2-7)14-9-11-10-6-13-9/h1-4,6,12H,5H2. The quantitative estimate of drug-likeness (QED) is 0.868. The number of aliphatic hydroxyl groups excluding tert-OH is 1. The highest BCUT2D eigenvalue weighted by Crippen LogP contribution is 2.28. The Hall–Kier alpha value is -0.910. The monoisotopic (exact) mass is 224 g/mol. The van der Waals surface area contributed by atoms with Gasteiger partial charge in [0.15, 0.2) is 4.34 Å². The molecule has 1 aromatic carbocycles. The van der Waals surface area contributed by atoms with E-state index in [0.717, 1.165) is 14.8 Å². The Morgan fingerprint density at radius 3 is 2.64 bits per heavy atom. The van der Waals surface area contributed by atoms with Gasteiger partial charge in [0.05, 0.1) is 6.61 Å². The van der Waals surface area contributed by atoms with Crippen LogP contribution in [0.4, 0.5) is 0 Å². The Bertz CT molecular complexity index is 386. The SMILES string of the molecule is OCc1ccc(Sc2nncs2)cc1. The molecule has 1 N–H and O–H groups in total. The lowest BCUT2D eigenvalue weighted by molar-refractivity contribution is 0.282. The van der Waals surface area contributed by atoms with Gasteiger partial charge in [-0.3, -0.25) is 0 Å². The third-order valence-electron chi connectivity index (χ3n) is 1.65. The summed E-state index contributed by atoms with van der Waals surface area (Å²) in [6, 6.07) is 7.75. The molecule has 0 fully saturated rings. The highest BCUT2D eigenvalue weighted by molar-refractivity contribution is 8.01. The minimum atomic E-state index is 0.0871. The van der Waals surface area contributed by atoms with Crippen molar-refractivity contribution in [1.82, 2.24) is 10.2 Å². The molecule has 0 aliphatic carbocycles. The first-order valence-corrected chi connectivity index (χ1v) is 5.72. The van der Waals surface area contributed by atoms with Crippen molar-refractivity contribution >= 4 is 23.1 Å². The molecule has 0 atom stereocenters. The summed E-state index contributed by atoms with van der Waals surface area (Å²) in [5.41, 5.74) is 2.64. The third-order valence-corrected chi connectivity index (χ3v) is 3.44. The predicted molar refractivity (Wildman–Crippen MR) is 56.4 cm³/mol. The summed E-state index contributed by atoms with van der Waals surface area (Å²) >= 11 is 3.10. The number of aromatic nitrogens is 2. The molecular formula is C9H8N2OS2. The van der Waals surface area contributed by atoms with Crippen molar-refractivity contribution in [2.75, 3.05) is 0 Å². The van der Waals surface area contributed by atoms with Crippen LogP contribution in [-0.4, -0.2) is 15.3 Å². The Morgan fingerprint density at radius 2 is 2.07 bits per heavy atom. The lowest BCUT2D eigenvalue weighted by atomic mass is 10.2. The third kappa shape index (κ3) is 2.31. The zero-order valence-corrected chi connectivity index (χ0v) is 8.88. The minimum Gasteiger partial charge on any atom is -0.392 e. The van der Waals surface area contributed by atoms with Gasteiger partial charge >= 0.3 is 0 Å². The molecule has 0 spiro atoms. The summed E-state index contributed by atoms with van der Waals surface area (Å²) in [6.07, 6.45) is 0. The molecule has 3 nitrogen and oxygen atoms in total. The van der Waals surface area contributed by atoms with Gasteiger partial charge in [-0.05, 0) is 17.7 Å². The summed E-state index contributed by atoms with van der Waals surface area (Å²) in [7, 11) is 0. The molecule has 0 bridgehead atoms. The van der Waals surface area contributed by atoms with Crippen molar-refractivity contribution in [3.8, 4) is 0 Å². The fourth-order valence-corrected chi connectivity index (χ4v) is 2.42. The normalized spacial score (nSPS) is 10.4. The summed E-state index contributed by atoms with van der Waals surface area (Å²) in [5, 5.41) is 16.6. The van der Waals surface area contributed by atoms with Gasteiger partial charge in [0, 0.05) is 4.90 Å². The van der Waals surface area contributed by atoms with E-state index < -0.39 is 0 Å². The molecule has 1 aromatic heterocycles.